The number of carbonyl (C=O) groups is 2. The third-order valence-electron chi connectivity index (χ3n) is 3.26. The number of fused-ring (bicyclic) bond motifs is 1. The van der Waals surface area contributed by atoms with E-state index in [0.29, 0.717) is 12.6 Å². The van der Waals surface area contributed by atoms with Gasteiger partial charge in [-0.2, -0.15) is 0 Å². The standard InChI is InChI=1S/C10H14N2.C4H6O6/c11-7-10-9-4-2-1-3-8(9)5-6-12-10;5-1(3(7)8)2(6)4(9)10/h1-4,10,12H,5-7,11H2;1-2,5-6H,(H,7,8)(H,9,10). The predicted octanol–water partition coefficient (Wildman–Crippen LogP) is -1.29. The van der Waals surface area contributed by atoms with Crippen LogP contribution in [0.4, 0.5) is 0 Å². The van der Waals surface area contributed by atoms with Gasteiger partial charge in [-0.15, -0.1) is 0 Å². The maximum Gasteiger partial charge on any atom is 0.335 e. The minimum absolute atomic E-state index is 0.370. The Morgan fingerprint density at radius 2 is 1.73 bits per heavy atom. The molecule has 1 aliphatic rings. The topological polar surface area (TPSA) is 153 Å². The van der Waals surface area contributed by atoms with Gasteiger partial charge in [0.2, 0.25) is 0 Å². The van der Waals surface area contributed by atoms with Crippen LogP contribution in [0, 0.1) is 0 Å². The summed E-state index contributed by atoms with van der Waals surface area (Å²) in [6, 6.07) is 8.90. The van der Waals surface area contributed by atoms with E-state index in [4.69, 9.17) is 26.2 Å². The van der Waals surface area contributed by atoms with Crippen molar-refractivity contribution >= 4 is 11.9 Å². The molecular weight excluding hydrogens is 292 g/mol. The fraction of sp³-hybridized carbons (Fsp3) is 0.429. The number of nitrogens with two attached hydrogens (primary N) is 1. The van der Waals surface area contributed by atoms with E-state index >= 15 is 0 Å². The first-order valence-corrected chi connectivity index (χ1v) is 6.71. The van der Waals surface area contributed by atoms with Crippen molar-refractivity contribution < 1.29 is 30.0 Å². The summed E-state index contributed by atoms with van der Waals surface area (Å²) in [4.78, 5) is 19.5. The molecule has 2 rings (SSSR count). The molecule has 0 aliphatic carbocycles. The van der Waals surface area contributed by atoms with E-state index in [1.807, 2.05) is 0 Å². The average Bonchev–Trinajstić information content (AvgIpc) is 2.53. The molecule has 8 heteroatoms. The lowest BCUT2D eigenvalue weighted by Crippen LogP contribution is -2.39. The van der Waals surface area contributed by atoms with Crippen molar-refractivity contribution in [3.8, 4) is 0 Å². The maximum atomic E-state index is 9.77. The van der Waals surface area contributed by atoms with Gasteiger partial charge in [-0.05, 0) is 24.1 Å². The highest BCUT2D eigenvalue weighted by Gasteiger charge is 2.29. The highest BCUT2D eigenvalue weighted by molar-refractivity contribution is 5.83. The molecule has 3 unspecified atom stereocenters. The second-order valence-electron chi connectivity index (χ2n) is 4.76. The van der Waals surface area contributed by atoms with Crippen LogP contribution in [0.2, 0.25) is 0 Å². The molecule has 1 aromatic carbocycles. The van der Waals surface area contributed by atoms with Gasteiger partial charge in [0, 0.05) is 12.6 Å². The average molecular weight is 312 g/mol. The number of carboxylic acids is 2. The van der Waals surface area contributed by atoms with Crippen molar-refractivity contribution in [1.29, 1.82) is 0 Å². The summed E-state index contributed by atoms with van der Waals surface area (Å²) in [5, 5.41) is 35.9. The summed E-state index contributed by atoms with van der Waals surface area (Å²) in [6.07, 6.45) is -3.40. The first-order chi connectivity index (χ1) is 10.4. The number of hydrogen-bond acceptors (Lipinski definition) is 6. The number of carboxylic acid groups (broad SMARTS) is 2. The van der Waals surface area contributed by atoms with E-state index < -0.39 is 24.1 Å². The molecule has 3 atom stereocenters. The van der Waals surface area contributed by atoms with E-state index in [0.717, 1.165) is 13.0 Å². The molecule has 122 valence electrons. The Labute approximate surface area is 127 Å². The summed E-state index contributed by atoms with van der Waals surface area (Å²) < 4.78 is 0. The van der Waals surface area contributed by atoms with Gasteiger partial charge in [0.15, 0.2) is 12.2 Å². The number of aliphatic hydroxyl groups is 2. The molecule has 0 fully saturated rings. The van der Waals surface area contributed by atoms with E-state index in [2.05, 4.69) is 29.6 Å². The lowest BCUT2D eigenvalue weighted by molar-refractivity contribution is -0.165. The van der Waals surface area contributed by atoms with Crippen LogP contribution < -0.4 is 11.1 Å². The summed E-state index contributed by atoms with van der Waals surface area (Å²) in [5.74, 6) is -3.54. The van der Waals surface area contributed by atoms with E-state index in [1.54, 1.807) is 0 Å². The molecular formula is C14H20N2O6. The van der Waals surface area contributed by atoms with Crippen LogP contribution in [-0.4, -0.2) is 57.7 Å². The number of hydrogen-bond donors (Lipinski definition) is 6. The Bertz CT molecular complexity index is 504. The molecule has 0 spiro atoms. The largest absolute Gasteiger partial charge is 0.479 e. The monoisotopic (exact) mass is 312 g/mol. The van der Waals surface area contributed by atoms with Gasteiger partial charge in [-0.1, -0.05) is 24.3 Å². The Hall–Kier alpha value is -2.00. The Morgan fingerprint density at radius 3 is 2.23 bits per heavy atom. The third kappa shape index (κ3) is 4.78. The van der Waals surface area contributed by atoms with Crippen molar-refractivity contribution in [2.45, 2.75) is 24.7 Å². The van der Waals surface area contributed by atoms with Gasteiger partial charge in [0.05, 0.1) is 0 Å². The number of benzene rings is 1. The Morgan fingerprint density at radius 1 is 1.18 bits per heavy atom. The van der Waals surface area contributed by atoms with Crippen LogP contribution in [0.1, 0.15) is 17.2 Å². The maximum absolute atomic E-state index is 9.77. The van der Waals surface area contributed by atoms with Crippen molar-refractivity contribution in [2.75, 3.05) is 13.1 Å². The fourth-order valence-electron chi connectivity index (χ4n) is 2.07. The smallest absolute Gasteiger partial charge is 0.335 e. The highest BCUT2D eigenvalue weighted by atomic mass is 16.4. The molecule has 1 aromatic rings. The predicted molar refractivity (Wildman–Crippen MR) is 77.2 cm³/mol. The lowest BCUT2D eigenvalue weighted by atomic mass is 9.95. The molecule has 0 aromatic heterocycles. The van der Waals surface area contributed by atoms with Crippen molar-refractivity contribution in [3.63, 3.8) is 0 Å². The van der Waals surface area contributed by atoms with Crippen LogP contribution in [-0.2, 0) is 16.0 Å². The lowest BCUT2D eigenvalue weighted by Gasteiger charge is -2.25. The van der Waals surface area contributed by atoms with E-state index in [-0.39, 0.29) is 0 Å². The zero-order valence-electron chi connectivity index (χ0n) is 11.8. The fourth-order valence-corrected chi connectivity index (χ4v) is 2.07. The molecule has 0 radical (unpaired) electrons. The first kappa shape index (κ1) is 18.1. The normalized spacial score (nSPS) is 19.1. The van der Waals surface area contributed by atoms with Gasteiger partial charge < -0.3 is 31.5 Å². The van der Waals surface area contributed by atoms with Crippen LogP contribution >= 0.6 is 0 Å². The van der Waals surface area contributed by atoms with Crippen LogP contribution in [0.3, 0.4) is 0 Å². The Kier molecular flexibility index (Phi) is 6.93. The van der Waals surface area contributed by atoms with Crippen molar-refractivity contribution in [1.82, 2.24) is 5.32 Å². The molecule has 0 bridgehead atoms. The summed E-state index contributed by atoms with van der Waals surface area (Å²) in [7, 11) is 0. The highest BCUT2D eigenvalue weighted by Crippen LogP contribution is 2.20. The van der Waals surface area contributed by atoms with Gasteiger partial charge in [0.25, 0.3) is 0 Å². The summed E-state index contributed by atoms with van der Waals surface area (Å²) in [6.45, 7) is 1.75. The van der Waals surface area contributed by atoms with Crippen LogP contribution in [0.5, 0.6) is 0 Å². The van der Waals surface area contributed by atoms with Gasteiger partial charge >= 0.3 is 11.9 Å². The van der Waals surface area contributed by atoms with Crippen LogP contribution in [0.25, 0.3) is 0 Å². The zero-order chi connectivity index (χ0) is 16.7. The number of aliphatic carboxylic acids is 2. The summed E-state index contributed by atoms with van der Waals surface area (Å²) >= 11 is 0. The minimum atomic E-state index is -2.27. The molecule has 0 saturated carbocycles. The van der Waals surface area contributed by atoms with Gasteiger partial charge in [0.1, 0.15) is 0 Å². The van der Waals surface area contributed by atoms with Crippen molar-refractivity contribution in [3.05, 3.63) is 35.4 Å². The quantitative estimate of drug-likeness (QED) is 0.401. The third-order valence-corrected chi connectivity index (χ3v) is 3.26. The van der Waals surface area contributed by atoms with E-state index in [9.17, 15) is 9.59 Å². The Balaban J connectivity index is 0.000000225. The molecule has 0 amide bonds. The van der Waals surface area contributed by atoms with Crippen molar-refractivity contribution in [2.24, 2.45) is 5.73 Å². The first-order valence-electron chi connectivity index (χ1n) is 6.71. The number of rotatable bonds is 4. The molecule has 1 aliphatic heterocycles. The molecule has 0 saturated heterocycles. The minimum Gasteiger partial charge on any atom is -0.479 e. The number of nitrogens with one attached hydrogen (secondary N) is 1. The van der Waals surface area contributed by atoms with Gasteiger partial charge in [-0.25, -0.2) is 9.59 Å². The second-order valence-corrected chi connectivity index (χ2v) is 4.76. The molecule has 1 heterocycles. The number of aliphatic hydroxyl groups excluding tert-OH is 2. The second kappa shape index (κ2) is 8.44. The van der Waals surface area contributed by atoms with E-state index in [1.165, 1.54) is 11.1 Å². The zero-order valence-corrected chi connectivity index (χ0v) is 11.8. The SMILES string of the molecule is NCC1NCCc2ccccc21.O=C(O)C(O)C(O)C(=O)O. The molecule has 7 N–H and O–H groups in total. The summed E-state index contributed by atoms with van der Waals surface area (Å²) in [5.41, 5.74) is 8.49. The van der Waals surface area contributed by atoms with Crippen LogP contribution in [0.15, 0.2) is 24.3 Å². The molecule has 22 heavy (non-hydrogen) atoms. The van der Waals surface area contributed by atoms with Gasteiger partial charge in [-0.3, -0.25) is 0 Å². The molecule has 8 nitrogen and oxygen atoms in total.